The fourth-order valence-corrected chi connectivity index (χ4v) is 2.00. The van der Waals surface area contributed by atoms with Gasteiger partial charge in [0.05, 0.1) is 11.9 Å². The van der Waals surface area contributed by atoms with E-state index in [9.17, 15) is 0 Å². The number of para-hydroxylation sites is 2. The summed E-state index contributed by atoms with van der Waals surface area (Å²) >= 11 is 0. The van der Waals surface area contributed by atoms with E-state index in [-0.39, 0.29) is 6.10 Å². The number of ether oxygens (including phenoxy) is 2. The number of aromatic nitrogens is 3. The van der Waals surface area contributed by atoms with E-state index in [1.165, 1.54) is 0 Å². The van der Waals surface area contributed by atoms with Gasteiger partial charge in [-0.2, -0.15) is 0 Å². The summed E-state index contributed by atoms with van der Waals surface area (Å²) in [6.45, 7) is 2.00. The molecule has 0 spiro atoms. The van der Waals surface area contributed by atoms with Crippen LogP contribution >= 0.6 is 0 Å². The van der Waals surface area contributed by atoms with Crippen molar-refractivity contribution < 1.29 is 9.47 Å². The van der Waals surface area contributed by atoms with Crippen LogP contribution in [0.5, 0.6) is 11.5 Å². The topological polar surface area (TPSA) is 61.2 Å². The predicted octanol–water partition coefficient (Wildman–Crippen LogP) is 0.745. The molecule has 100 valence electrons. The Balaban J connectivity index is 1.51. The molecule has 0 radical (unpaired) electrons. The van der Waals surface area contributed by atoms with E-state index < -0.39 is 0 Å². The Morgan fingerprint density at radius 2 is 2.21 bits per heavy atom. The summed E-state index contributed by atoms with van der Waals surface area (Å²) in [5.41, 5.74) is 1.04. The number of benzene rings is 1. The van der Waals surface area contributed by atoms with E-state index >= 15 is 0 Å². The van der Waals surface area contributed by atoms with Gasteiger partial charge in [0, 0.05) is 20.1 Å². The molecule has 2 heterocycles. The zero-order valence-electron chi connectivity index (χ0n) is 10.7. The van der Waals surface area contributed by atoms with Crippen LogP contribution in [0.3, 0.4) is 0 Å². The zero-order chi connectivity index (χ0) is 13.1. The van der Waals surface area contributed by atoms with Crippen LogP contribution in [0.25, 0.3) is 0 Å². The predicted molar refractivity (Wildman–Crippen MR) is 69.1 cm³/mol. The second-order valence-corrected chi connectivity index (χ2v) is 4.48. The highest BCUT2D eigenvalue weighted by atomic mass is 16.6. The zero-order valence-corrected chi connectivity index (χ0v) is 10.7. The van der Waals surface area contributed by atoms with Gasteiger partial charge in [-0.05, 0) is 12.1 Å². The molecule has 1 aromatic heterocycles. The van der Waals surface area contributed by atoms with E-state index in [1.54, 1.807) is 10.9 Å². The van der Waals surface area contributed by atoms with Gasteiger partial charge in [-0.15, -0.1) is 5.10 Å². The second-order valence-electron chi connectivity index (χ2n) is 4.48. The van der Waals surface area contributed by atoms with Crippen LogP contribution in [-0.4, -0.2) is 34.2 Å². The molecule has 1 atom stereocenters. The summed E-state index contributed by atoms with van der Waals surface area (Å²) in [6.07, 6.45) is 1.77. The van der Waals surface area contributed by atoms with Gasteiger partial charge in [-0.3, -0.25) is 4.68 Å². The SMILES string of the molecule is Cn1nncc1CNCC1COc2ccccc2O1. The summed E-state index contributed by atoms with van der Waals surface area (Å²) < 4.78 is 13.3. The van der Waals surface area contributed by atoms with E-state index in [0.717, 1.165) is 23.7 Å². The van der Waals surface area contributed by atoms with Gasteiger partial charge in [0.25, 0.3) is 0 Å². The van der Waals surface area contributed by atoms with Crippen molar-refractivity contribution in [3.05, 3.63) is 36.2 Å². The summed E-state index contributed by atoms with van der Waals surface area (Å²) in [5.74, 6) is 1.62. The highest BCUT2D eigenvalue weighted by Crippen LogP contribution is 2.30. The van der Waals surface area contributed by atoms with Crippen molar-refractivity contribution in [2.75, 3.05) is 13.2 Å². The van der Waals surface area contributed by atoms with E-state index in [2.05, 4.69) is 15.6 Å². The molecule has 2 aromatic rings. The number of aryl methyl sites for hydroxylation is 1. The minimum absolute atomic E-state index is 0.0242. The lowest BCUT2D eigenvalue weighted by molar-refractivity contribution is 0.0901. The van der Waals surface area contributed by atoms with E-state index in [0.29, 0.717) is 13.2 Å². The van der Waals surface area contributed by atoms with Gasteiger partial charge < -0.3 is 14.8 Å². The minimum atomic E-state index is 0.0242. The van der Waals surface area contributed by atoms with Crippen molar-refractivity contribution in [1.82, 2.24) is 20.3 Å². The average Bonchev–Trinajstić information content (AvgIpc) is 2.84. The van der Waals surface area contributed by atoms with Crippen molar-refractivity contribution in [3.63, 3.8) is 0 Å². The molecule has 3 rings (SSSR count). The first-order chi connectivity index (χ1) is 9.33. The van der Waals surface area contributed by atoms with Gasteiger partial charge >= 0.3 is 0 Å². The summed E-state index contributed by atoms with van der Waals surface area (Å²) in [7, 11) is 1.88. The number of nitrogens with zero attached hydrogens (tertiary/aromatic N) is 3. The number of hydrogen-bond acceptors (Lipinski definition) is 5. The van der Waals surface area contributed by atoms with E-state index in [4.69, 9.17) is 9.47 Å². The number of hydrogen-bond donors (Lipinski definition) is 1. The molecule has 19 heavy (non-hydrogen) atoms. The molecule has 1 unspecified atom stereocenters. The van der Waals surface area contributed by atoms with Crippen molar-refractivity contribution >= 4 is 0 Å². The number of fused-ring (bicyclic) bond motifs is 1. The smallest absolute Gasteiger partial charge is 0.161 e. The summed E-state index contributed by atoms with van der Waals surface area (Å²) in [6, 6.07) is 7.72. The van der Waals surface area contributed by atoms with Crippen LogP contribution in [0.1, 0.15) is 5.69 Å². The lowest BCUT2D eigenvalue weighted by Crippen LogP contribution is -2.38. The highest BCUT2D eigenvalue weighted by Gasteiger charge is 2.19. The third-order valence-corrected chi connectivity index (χ3v) is 3.05. The van der Waals surface area contributed by atoms with Gasteiger partial charge in [0.2, 0.25) is 0 Å². The van der Waals surface area contributed by atoms with Crippen molar-refractivity contribution in [3.8, 4) is 11.5 Å². The van der Waals surface area contributed by atoms with Gasteiger partial charge in [0.1, 0.15) is 12.7 Å². The fraction of sp³-hybridized carbons (Fsp3) is 0.385. The molecule has 0 saturated carbocycles. The average molecular weight is 260 g/mol. The van der Waals surface area contributed by atoms with Crippen LogP contribution < -0.4 is 14.8 Å². The lowest BCUT2D eigenvalue weighted by atomic mass is 10.2. The normalized spacial score (nSPS) is 17.4. The molecule has 1 aromatic carbocycles. The molecule has 1 aliphatic rings. The molecule has 0 fully saturated rings. The largest absolute Gasteiger partial charge is 0.486 e. The Hall–Kier alpha value is -2.08. The fourth-order valence-electron chi connectivity index (χ4n) is 2.00. The third kappa shape index (κ3) is 2.68. The van der Waals surface area contributed by atoms with Gasteiger partial charge in [-0.25, -0.2) is 0 Å². The minimum Gasteiger partial charge on any atom is -0.486 e. The quantitative estimate of drug-likeness (QED) is 0.878. The monoisotopic (exact) mass is 260 g/mol. The molecule has 0 amide bonds. The molecule has 6 heteroatoms. The molecular weight excluding hydrogens is 244 g/mol. The third-order valence-electron chi connectivity index (χ3n) is 3.05. The lowest BCUT2D eigenvalue weighted by Gasteiger charge is -2.26. The summed E-state index contributed by atoms with van der Waals surface area (Å²) in [4.78, 5) is 0. The Morgan fingerprint density at radius 3 is 3.00 bits per heavy atom. The van der Waals surface area contributed by atoms with Crippen molar-refractivity contribution in [2.45, 2.75) is 12.6 Å². The maximum atomic E-state index is 5.86. The number of rotatable bonds is 4. The standard InChI is InChI=1S/C13H16N4O2/c1-17-10(7-15-16-17)6-14-8-11-9-18-12-4-2-3-5-13(12)19-11/h2-5,7,11,14H,6,8-9H2,1H3. The molecule has 0 bridgehead atoms. The first-order valence-corrected chi connectivity index (χ1v) is 6.25. The highest BCUT2D eigenvalue weighted by molar-refractivity contribution is 5.40. The van der Waals surface area contributed by atoms with Crippen LogP contribution in [0.15, 0.2) is 30.5 Å². The van der Waals surface area contributed by atoms with Crippen LogP contribution in [0.2, 0.25) is 0 Å². The Kier molecular flexibility index (Phi) is 3.33. The Labute approximate surface area is 111 Å². The van der Waals surface area contributed by atoms with Crippen molar-refractivity contribution in [2.24, 2.45) is 7.05 Å². The molecule has 0 aliphatic carbocycles. The molecule has 6 nitrogen and oxygen atoms in total. The van der Waals surface area contributed by atoms with Crippen molar-refractivity contribution in [1.29, 1.82) is 0 Å². The maximum absolute atomic E-state index is 5.86. The Bertz CT molecular complexity index is 555. The molecule has 1 N–H and O–H groups in total. The van der Waals surface area contributed by atoms with Crippen LogP contribution in [0, 0.1) is 0 Å². The van der Waals surface area contributed by atoms with Gasteiger partial charge in [0.15, 0.2) is 11.5 Å². The second kappa shape index (κ2) is 5.27. The summed E-state index contributed by atoms with van der Waals surface area (Å²) in [5, 5.41) is 11.0. The van der Waals surface area contributed by atoms with Gasteiger partial charge in [-0.1, -0.05) is 17.3 Å². The maximum Gasteiger partial charge on any atom is 0.161 e. The molecule has 1 aliphatic heterocycles. The van der Waals surface area contributed by atoms with Crippen LogP contribution in [0.4, 0.5) is 0 Å². The van der Waals surface area contributed by atoms with Crippen LogP contribution in [-0.2, 0) is 13.6 Å². The molecule has 0 saturated heterocycles. The first-order valence-electron chi connectivity index (χ1n) is 6.25. The first kappa shape index (κ1) is 12.0. The molecular formula is C13H16N4O2. The van der Waals surface area contributed by atoms with E-state index in [1.807, 2.05) is 31.3 Å². The Morgan fingerprint density at radius 1 is 1.37 bits per heavy atom. The number of nitrogens with one attached hydrogen (secondary N) is 1.